The summed E-state index contributed by atoms with van der Waals surface area (Å²) in [7, 11) is 0. The Hall–Kier alpha value is -0.0800. The van der Waals surface area contributed by atoms with E-state index < -0.39 is 0 Å². The number of hydrogen-bond acceptors (Lipinski definition) is 2. The van der Waals surface area contributed by atoms with Crippen LogP contribution in [0.5, 0.6) is 0 Å². The van der Waals surface area contributed by atoms with Gasteiger partial charge < -0.3 is 10.1 Å². The van der Waals surface area contributed by atoms with E-state index in [0.29, 0.717) is 17.9 Å². The third-order valence-electron chi connectivity index (χ3n) is 4.36. The van der Waals surface area contributed by atoms with Gasteiger partial charge in [-0.25, -0.2) is 0 Å². The van der Waals surface area contributed by atoms with Gasteiger partial charge in [-0.15, -0.1) is 0 Å². The number of rotatable bonds is 6. The molecule has 0 spiro atoms. The molecule has 1 rings (SSSR count). The Morgan fingerprint density at radius 2 is 1.83 bits per heavy atom. The summed E-state index contributed by atoms with van der Waals surface area (Å²) < 4.78 is 6.18. The molecule has 18 heavy (non-hydrogen) atoms. The van der Waals surface area contributed by atoms with Gasteiger partial charge in [0.05, 0.1) is 11.2 Å². The minimum absolute atomic E-state index is 0.0389. The topological polar surface area (TPSA) is 21.3 Å². The largest absolute Gasteiger partial charge is 0.369 e. The molecule has 0 aromatic rings. The standard InChI is InChI=1S/C16H33NO/c1-8-17-14(12(2)3)10-9-13-11-15(4,5)18-16(13,6)7/h12-14,17H,8-11H2,1-7H3. The number of hydrogen-bond donors (Lipinski definition) is 1. The van der Waals surface area contributed by atoms with E-state index in [1.807, 2.05) is 0 Å². The molecule has 2 atom stereocenters. The normalized spacial score (nSPS) is 27.7. The van der Waals surface area contributed by atoms with Crippen LogP contribution in [0.25, 0.3) is 0 Å². The lowest BCUT2D eigenvalue weighted by atomic mass is 9.82. The van der Waals surface area contributed by atoms with E-state index in [-0.39, 0.29) is 11.2 Å². The molecule has 0 saturated carbocycles. The predicted octanol–water partition coefficient (Wildman–Crippen LogP) is 3.99. The van der Waals surface area contributed by atoms with Gasteiger partial charge in [0.2, 0.25) is 0 Å². The summed E-state index contributed by atoms with van der Waals surface area (Å²) in [5.41, 5.74) is 0.0942. The zero-order valence-electron chi connectivity index (χ0n) is 13.5. The van der Waals surface area contributed by atoms with Crippen molar-refractivity contribution >= 4 is 0 Å². The van der Waals surface area contributed by atoms with Gasteiger partial charge in [-0.2, -0.15) is 0 Å². The molecule has 0 amide bonds. The molecule has 1 N–H and O–H groups in total. The molecule has 2 unspecified atom stereocenters. The van der Waals surface area contributed by atoms with Gasteiger partial charge in [-0.3, -0.25) is 0 Å². The smallest absolute Gasteiger partial charge is 0.0662 e. The average Bonchev–Trinajstić information content (AvgIpc) is 2.40. The Labute approximate surface area is 114 Å². The van der Waals surface area contributed by atoms with Gasteiger partial charge >= 0.3 is 0 Å². The Kier molecular flexibility index (Phi) is 5.25. The van der Waals surface area contributed by atoms with E-state index in [1.54, 1.807) is 0 Å². The van der Waals surface area contributed by atoms with Crippen LogP contribution >= 0.6 is 0 Å². The maximum Gasteiger partial charge on any atom is 0.0662 e. The minimum Gasteiger partial charge on any atom is -0.369 e. The van der Waals surface area contributed by atoms with Crippen LogP contribution in [-0.2, 0) is 4.74 Å². The van der Waals surface area contributed by atoms with Crippen molar-refractivity contribution in [3.05, 3.63) is 0 Å². The molecule has 1 fully saturated rings. The van der Waals surface area contributed by atoms with Crippen LogP contribution in [0.15, 0.2) is 0 Å². The number of nitrogens with one attached hydrogen (secondary N) is 1. The van der Waals surface area contributed by atoms with Crippen molar-refractivity contribution in [1.82, 2.24) is 5.32 Å². The first-order valence-electron chi connectivity index (χ1n) is 7.61. The lowest BCUT2D eigenvalue weighted by molar-refractivity contribution is -0.0755. The second-order valence-electron chi connectivity index (χ2n) is 7.35. The van der Waals surface area contributed by atoms with Crippen molar-refractivity contribution in [1.29, 1.82) is 0 Å². The second-order valence-corrected chi connectivity index (χ2v) is 7.35. The zero-order chi connectivity index (χ0) is 14.0. The maximum absolute atomic E-state index is 6.18. The van der Waals surface area contributed by atoms with Gasteiger partial charge in [0, 0.05) is 6.04 Å². The first-order valence-corrected chi connectivity index (χ1v) is 7.61. The summed E-state index contributed by atoms with van der Waals surface area (Å²) in [6, 6.07) is 0.648. The monoisotopic (exact) mass is 255 g/mol. The third-order valence-corrected chi connectivity index (χ3v) is 4.36. The molecule has 0 aromatic carbocycles. The van der Waals surface area contributed by atoms with Crippen molar-refractivity contribution in [3.8, 4) is 0 Å². The zero-order valence-corrected chi connectivity index (χ0v) is 13.5. The van der Waals surface area contributed by atoms with Gasteiger partial charge in [-0.1, -0.05) is 20.8 Å². The van der Waals surface area contributed by atoms with Crippen LogP contribution in [0.3, 0.4) is 0 Å². The fourth-order valence-electron chi connectivity index (χ4n) is 3.44. The van der Waals surface area contributed by atoms with Crippen molar-refractivity contribution in [3.63, 3.8) is 0 Å². The molecule has 1 aliphatic rings. The van der Waals surface area contributed by atoms with Crippen LogP contribution < -0.4 is 5.32 Å². The van der Waals surface area contributed by atoms with Crippen LogP contribution in [-0.4, -0.2) is 23.8 Å². The minimum atomic E-state index is 0.0389. The maximum atomic E-state index is 6.18. The fraction of sp³-hybridized carbons (Fsp3) is 1.00. The highest BCUT2D eigenvalue weighted by Crippen LogP contribution is 2.44. The predicted molar refractivity (Wildman–Crippen MR) is 78.9 cm³/mol. The summed E-state index contributed by atoms with van der Waals surface area (Å²) in [5, 5.41) is 3.61. The molecule has 1 saturated heterocycles. The summed E-state index contributed by atoms with van der Waals surface area (Å²) in [6.45, 7) is 16.8. The Morgan fingerprint density at radius 1 is 1.22 bits per heavy atom. The molecule has 0 aliphatic carbocycles. The van der Waals surface area contributed by atoms with Crippen molar-refractivity contribution in [2.24, 2.45) is 11.8 Å². The lowest BCUT2D eigenvalue weighted by Crippen LogP contribution is -2.35. The van der Waals surface area contributed by atoms with Gasteiger partial charge in [0.1, 0.15) is 0 Å². The van der Waals surface area contributed by atoms with Gasteiger partial charge in [0.15, 0.2) is 0 Å². The Bertz CT molecular complexity index is 258. The Balaban J connectivity index is 2.52. The van der Waals surface area contributed by atoms with Crippen LogP contribution in [0.1, 0.15) is 67.7 Å². The lowest BCUT2D eigenvalue weighted by Gasteiger charge is -2.29. The molecule has 2 heteroatoms. The van der Waals surface area contributed by atoms with Crippen molar-refractivity contribution in [2.45, 2.75) is 85.0 Å². The molecule has 1 aliphatic heterocycles. The first-order chi connectivity index (χ1) is 8.18. The van der Waals surface area contributed by atoms with E-state index in [2.05, 4.69) is 53.8 Å². The summed E-state index contributed by atoms with van der Waals surface area (Å²) in [6.07, 6.45) is 3.72. The van der Waals surface area contributed by atoms with Crippen molar-refractivity contribution in [2.75, 3.05) is 6.54 Å². The van der Waals surface area contributed by atoms with E-state index in [0.717, 1.165) is 6.54 Å². The average molecular weight is 255 g/mol. The van der Waals surface area contributed by atoms with Crippen LogP contribution in [0.2, 0.25) is 0 Å². The van der Waals surface area contributed by atoms with E-state index in [9.17, 15) is 0 Å². The number of ether oxygens (including phenoxy) is 1. The first kappa shape index (κ1) is 16.0. The summed E-state index contributed by atoms with van der Waals surface area (Å²) in [4.78, 5) is 0. The quantitative estimate of drug-likeness (QED) is 0.774. The third kappa shape index (κ3) is 4.24. The second kappa shape index (κ2) is 5.92. The van der Waals surface area contributed by atoms with Crippen LogP contribution in [0.4, 0.5) is 0 Å². The van der Waals surface area contributed by atoms with Crippen molar-refractivity contribution < 1.29 is 4.74 Å². The summed E-state index contributed by atoms with van der Waals surface area (Å²) >= 11 is 0. The molecule has 2 nitrogen and oxygen atoms in total. The molecule has 0 bridgehead atoms. The summed E-state index contributed by atoms with van der Waals surface area (Å²) in [5.74, 6) is 1.40. The molecule has 108 valence electrons. The molecular weight excluding hydrogens is 222 g/mol. The highest BCUT2D eigenvalue weighted by molar-refractivity contribution is 4.94. The van der Waals surface area contributed by atoms with E-state index in [4.69, 9.17) is 4.74 Å². The highest BCUT2D eigenvalue weighted by atomic mass is 16.5. The van der Waals surface area contributed by atoms with Gasteiger partial charge in [-0.05, 0) is 65.3 Å². The van der Waals surface area contributed by atoms with Gasteiger partial charge in [0.25, 0.3) is 0 Å². The molecule has 0 aromatic heterocycles. The Morgan fingerprint density at radius 3 is 2.22 bits per heavy atom. The SMILES string of the molecule is CCNC(CCC1CC(C)(C)OC1(C)C)C(C)C. The molecule has 1 heterocycles. The fourth-order valence-corrected chi connectivity index (χ4v) is 3.44. The van der Waals surface area contributed by atoms with E-state index in [1.165, 1.54) is 19.3 Å². The molecular formula is C16H33NO. The van der Waals surface area contributed by atoms with E-state index >= 15 is 0 Å². The highest BCUT2D eigenvalue weighted by Gasteiger charge is 2.45. The van der Waals surface area contributed by atoms with Crippen LogP contribution in [0, 0.1) is 11.8 Å². The molecule has 0 radical (unpaired) electrons.